The minimum atomic E-state index is -3.96. The molecule has 0 bridgehead atoms. The Balaban J connectivity index is 2.70. The van der Waals surface area contributed by atoms with E-state index >= 15 is 0 Å². The van der Waals surface area contributed by atoms with Crippen LogP contribution in [0.5, 0.6) is 0 Å². The molecule has 20 heavy (non-hydrogen) atoms. The van der Waals surface area contributed by atoms with Crippen molar-refractivity contribution in [2.75, 3.05) is 6.54 Å². The van der Waals surface area contributed by atoms with E-state index in [1.165, 1.54) is 0 Å². The second kappa shape index (κ2) is 7.21. The number of unbranched alkanes of at least 4 members (excludes halogenated alkanes) is 1. The summed E-state index contributed by atoms with van der Waals surface area (Å²) in [6.07, 6.45) is 0.637. The topological polar surface area (TPSA) is 83.5 Å². The largest absolute Gasteiger partial charge is 0.481 e. The van der Waals surface area contributed by atoms with Crippen molar-refractivity contribution in [3.63, 3.8) is 0 Å². The molecule has 9 heteroatoms. The minimum Gasteiger partial charge on any atom is -0.481 e. The number of hydrogen-bond acceptors (Lipinski definition) is 3. The number of carboxylic acid groups (broad SMARTS) is 1. The van der Waals surface area contributed by atoms with Crippen molar-refractivity contribution in [2.45, 2.75) is 24.2 Å². The summed E-state index contributed by atoms with van der Waals surface area (Å²) in [5.74, 6) is -1.95. The SMILES string of the molecule is O=C(O)CCCCNS(=O)(=O)c1ccc(Cl)c(F)c1Cl. The minimum absolute atomic E-state index is 0.0379. The average Bonchev–Trinajstić information content (AvgIpc) is 2.34. The number of benzene rings is 1. The number of halogens is 3. The van der Waals surface area contributed by atoms with E-state index in [1.807, 2.05) is 0 Å². The maximum absolute atomic E-state index is 13.4. The quantitative estimate of drug-likeness (QED) is 0.588. The Bertz CT molecular complexity index is 607. The molecular formula is C11H12Cl2FNO4S. The lowest BCUT2D eigenvalue weighted by Gasteiger charge is -2.09. The summed E-state index contributed by atoms with van der Waals surface area (Å²) in [6.45, 7) is 0.0379. The van der Waals surface area contributed by atoms with Gasteiger partial charge in [0.1, 0.15) is 4.90 Å². The van der Waals surface area contributed by atoms with E-state index in [-0.39, 0.29) is 18.0 Å². The zero-order valence-electron chi connectivity index (χ0n) is 10.2. The van der Waals surface area contributed by atoms with Crippen LogP contribution in [0, 0.1) is 5.82 Å². The molecule has 0 aliphatic carbocycles. The lowest BCUT2D eigenvalue weighted by Crippen LogP contribution is -2.25. The molecule has 0 fully saturated rings. The van der Waals surface area contributed by atoms with Crippen molar-refractivity contribution >= 4 is 39.2 Å². The fraction of sp³-hybridized carbons (Fsp3) is 0.364. The van der Waals surface area contributed by atoms with E-state index < -0.39 is 31.7 Å². The normalized spacial score (nSPS) is 11.6. The van der Waals surface area contributed by atoms with Crippen LogP contribution in [0.15, 0.2) is 17.0 Å². The predicted molar refractivity (Wildman–Crippen MR) is 73.1 cm³/mol. The summed E-state index contributed by atoms with van der Waals surface area (Å²) in [4.78, 5) is 9.88. The molecule has 0 heterocycles. The molecule has 1 rings (SSSR count). The zero-order chi connectivity index (χ0) is 15.3. The molecule has 0 saturated carbocycles. The van der Waals surface area contributed by atoms with Crippen molar-refractivity contribution in [3.05, 3.63) is 28.0 Å². The Morgan fingerprint density at radius 1 is 1.30 bits per heavy atom. The third kappa shape index (κ3) is 4.59. The second-order valence-electron chi connectivity index (χ2n) is 3.92. The van der Waals surface area contributed by atoms with Gasteiger partial charge in [0.2, 0.25) is 10.0 Å². The highest BCUT2D eigenvalue weighted by atomic mass is 35.5. The van der Waals surface area contributed by atoms with Crippen molar-refractivity contribution in [1.82, 2.24) is 4.72 Å². The van der Waals surface area contributed by atoms with E-state index in [9.17, 15) is 17.6 Å². The van der Waals surface area contributed by atoms with Gasteiger partial charge in [0.05, 0.1) is 10.0 Å². The fourth-order valence-electron chi connectivity index (χ4n) is 1.40. The number of nitrogens with one attached hydrogen (secondary N) is 1. The fourth-order valence-corrected chi connectivity index (χ4v) is 3.22. The first-order valence-electron chi connectivity index (χ1n) is 5.60. The molecule has 1 aromatic carbocycles. The highest BCUT2D eigenvalue weighted by Gasteiger charge is 2.21. The Morgan fingerprint density at radius 3 is 2.55 bits per heavy atom. The summed E-state index contributed by atoms with van der Waals surface area (Å²) in [7, 11) is -3.96. The Kier molecular flexibility index (Phi) is 6.19. The van der Waals surface area contributed by atoms with Gasteiger partial charge in [-0.05, 0) is 25.0 Å². The number of aliphatic carboxylic acids is 1. The van der Waals surface area contributed by atoms with Crippen LogP contribution in [-0.2, 0) is 14.8 Å². The summed E-state index contributed by atoms with van der Waals surface area (Å²) in [6, 6.07) is 2.20. The third-order valence-electron chi connectivity index (χ3n) is 2.40. The molecule has 0 unspecified atom stereocenters. The van der Waals surface area contributed by atoms with Gasteiger partial charge in [0, 0.05) is 13.0 Å². The Labute approximate surface area is 125 Å². The number of hydrogen-bond donors (Lipinski definition) is 2. The molecule has 0 atom stereocenters. The second-order valence-corrected chi connectivity index (χ2v) is 6.44. The molecule has 0 aliphatic rings. The highest BCUT2D eigenvalue weighted by Crippen LogP contribution is 2.29. The van der Waals surface area contributed by atoms with Crippen LogP contribution in [0.4, 0.5) is 4.39 Å². The number of rotatable bonds is 7. The van der Waals surface area contributed by atoms with E-state index in [0.29, 0.717) is 12.8 Å². The van der Waals surface area contributed by atoms with Crippen LogP contribution in [0.25, 0.3) is 0 Å². The molecular weight excluding hydrogens is 332 g/mol. The number of carboxylic acids is 1. The third-order valence-corrected chi connectivity index (χ3v) is 4.68. The molecule has 0 amide bonds. The van der Waals surface area contributed by atoms with Crippen LogP contribution < -0.4 is 4.72 Å². The summed E-state index contributed by atoms with van der Waals surface area (Å²) < 4.78 is 39.4. The molecule has 0 saturated heterocycles. The van der Waals surface area contributed by atoms with Gasteiger partial charge in [0.15, 0.2) is 5.82 Å². The maximum Gasteiger partial charge on any atom is 0.303 e. The van der Waals surface area contributed by atoms with Gasteiger partial charge < -0.3 is 5.11 Å². The number of carbonyl (C=O) groups is 1. The monoisotopic (exact) mass is 343 g/mol. The van der Waals surface area contributed by atoms with Crippen molar-refractivity contribution in [1.29, 1.82) is 0 Å². The van der Waals surface area contributed by atoms with Gasteiger partial charge in [-0.25, -0.2) is 17.5 Å². The van der Waals surface area contributed by atoms with E-state index in [1.54, 1.807) is 0 Å². The van der Waals surface area contributed by atoms with E-state index in [4.69, 9.17) is 28.3 Å². The lowest BCUT2D eigenvalue weighted by atomic mass is 10.2. The summed E-state index contributed by atoms with van der Waals surface area (Å²) in [5.41, 5.74) is 0. The van der Waals surface area contributed by atoms with Crippen LogP contribution in [0.1, 0.15) is 19.3 Å². The van der Waals surface area contributed by atoms with Crippen LogP contribution >= 0.6 is 23.2 Å². The van der Waals surface area contributed by atoms with Crippen molar-refractivity contribution in [2.24, 2.45) is 0 Å². The zero-order valence-corrected chi connectivity index (χ0v) is 12.5. The number of sulfonamides is 1. The first kappa shape index (κ1) is 17.2. The highest BCUT2D eigenvalue weighted by molar-refractivity contribution is 7.89. The molecule has 0 radical (unpaired) electrons. The molecule has 1 aromatic rings. The molecule has 0 spiro atoms. The van der Waals surface area contributed by atoms with Gasteiger partial charge in [0.25, 0.3) is 0 Å². The smallest absolute Gasteiger partial charge is 0.303 e. The van der Waals surface area contributed by atoms with Gasteiger partial charge in [-0.2, -0.15) is 0 Å². The molecule has 112 valence electrons. The van der Waals surface area contributed by atoms with E-state index in [2.05, 4.69) is 4.72 Å². The maximum atomic E-state index is 13.4. The summed E-state index contributed by atoms with van der Waals surface area (Å²) in [5, 5.41) is 7.59. The van der Waals surface area contributed by atoms with Gasteiger partial charge in [-0.3, -0.25) is 4.79 Å². The van der Waals surface area contributed by atoms with Crippen LogP contribution in [0.2, 0.25) is 10.0 Å². The first-order chi connectivity index (χ1) is 9.25. The summed E-state index contributed by atoms with van der Waals surface area (Å²) >= 11 is 11.1. The average molecular weight is 344 g/mol. The van der Waals surface area contributed by atoms with Crippen molar-refractivity contribution < 1.29 is 22.7 Å². The molecule has 0 aromatic heterocycles. The predicted octanol–water partition coefficient (Wildman–Crippen LogP) is 2.67. The van der Waals surface area contributed by atoms with Crippen LogP contribution in [-0.4, -0.2) is 26.0 Å². The van der Waals surface area contributed by atoms with Gasteiger partial charge in [-0.15, -0.1) is 0 Å². The molecule has 2 N–H and O–H groups in total. The first-order valence-corrected chi connectivity index (χ1v) is 7.84. The molecule has 5 nitrogen and oxygen atoms in total. The van der Waals surface area contributed by atoms with Crippen molar-refractivity contribution in [3.8, 4) is 0 Å². The standard InChI is InChI=1S/C11H12Cl2FNO4S/c12-7-4-5-8(10(13)11(7)14)20(18,19)15-6-2-1-3-9(16)17/h4-5,15H,1-3,6H2,(H,16,17). The van der Waals surface area contributed by atoms with Gasteiger partial charge >= 0.3 is 5.97 Å². The van der Waals surface area contributed by atoms with E-state index in [0.717, 1.165) is 12.1 Å². The lowest BCUT2D eigenvalue weighted by molar-refractivity contribution is -0.137. The molecule has 0 aliphatic heterocycles. The van der Waals surface area contributed by atoms with Gasteiger partial charge in [-0.1, -0.05) is 23.2 Å². The Hall–Kier alpha value is -0.890. The Morgan fingerprint density at radius 2 is 1.95 bits per heavy atom. The van der Waals surface area contributed by atoms with Crippen LogP contribution in [0.3, 0.4) is 0 Å².